The van der Waals surface area contributed by atoms with Crippen molar-refractivity contribution >= 4 is 5.97 Å². The van der Waals surface area contributed by atoms with Crippen molar-refractivity contribution in [3.05, 3.63) is 58.2 Å². The number of unbranched alkanes of at least 4 members (excludes halogenated alkanes) is 1. The summed E-state index contributed by atoms with van der Waals surface area (Å²) in [7, 11) is 0. The van der Waals surface area contributed by atoms with Crippen LogP contribution >= 0.6 is 0 Å². The monoisotopic (exact) mass is 397 g/mol. The molecule has 1 heterocycles. The highest BCUT2D eigenvalue weighted by atomic mass is 16.5. The molecule has 1 aliphatic heterocycles. The Morgan fingerprint density at radius 1 is 1.28 bits per heavy atom. The predicted octanol–water partition coefficient (Wildman–Crippen LogP) is 3.95. The molecule has 0 radical (unpaired) electrons. The Morgan fingerprint density at radius 2 is 1.97 bits per heavy atom. The Hall–Kier alpha value is -2.78. The number of carbonyl (C=O) groups excluding carboxylic acids is 1. The molecule has 1 aliphatic rings. The molecule has 0 saturated carbocycles. The largest absolute Gasteiger partial charge is 0.463 e. The van der Waals surface area contributed by atoms with Gasteiger partial charge in [0.15, 0.2) is 0 Å². The number of esters is 1. The van der Waals surface area contributed by atoms with Crippen LogP contribution in [0.2, 0.25) is 0 Å². The van der Waals surface area contributed by atoms with Crippen molar-refractivity contribution in [2.75, 3.05) is 19.7 Å². The van der Waals surface area contributed by atoms with Crippen LogP contribution < -0.4 is 5.73 Å². The van der Waals surface area contributed by atoms with Gasteiger partial charge < -0.3 is 15.2 Å². The topological polar surface area (TPSA) is 88.6 Å². The van der Waals surface area contributed by atoms with E-state index >= 15 is 0 Å². The normalized spacial score (nSPS) is 16.6. The first-order valence-corrected chi connectivity index (χ1v) is 10.2. The average molecular weight is 398 g/mol. The van der Waals surface area contributed by atoms with Crippen LogP contribution in [0.15, 0.2) is 47.1 Å². The van der Waals surface area contributed by atoms with Crippen LogP contribution in [-0.4, -0.2) is 30.6 Å². The van der Waals surface area contributed by atoms with Gasteiger partial charge in [0.05, 0.1) is 18.1 Å². The third kappa shape index (κ3) is 5.39. The van der Waals surface area contributed by atoms with Crippen molar-refractivity contribution in [2.45, 2.75) is 53.0 Å². The molecular formula is C23H31N3O3. The highest BCUT2D eigenvalue weighted by Crippen LogP contribution is 2.39. The minimum Gasteiger partial charge on any atom is -0.463 e. The zero-order chi connectivity index (χ0) is 21.4. The van der Waals surface area contributed by atoms with Gasteiger partial charge in [0.1, 0.15) is 17.4 Å². The van der Waals surface area contributed by atoms with Gasteiger partial charge in [-0.15, -0.1) is 0 Å². The maximum absolute atomic E-state index is 12.6. The molecule has 2 rings (SSSR count). The Kier molecular flexibility index (Phi) is 8.29. The molecule has 156 valence electrons. The lowest BCUT2D eigenvalue weighted by Crippen LogP contribution is -2.26. The van der Waals surface area contributed by atoms with E-state index in [0.717, 1.165) is 25.2 Å². The number of hydrogen-bond acceptors (Lipinski definition) is 6. The summed E-state index contributed by atoms with van der Waals surface area (Å²) in [5, 5.41) is 9.65. The van der Waals surface area contributed by atoms with Crippen LogP contribution in [0.25, 0.3) is 0 Å². The summed E-state index contributed by atoms with van der Waals surface area (Å²) in [5.74, 6) is -0.685. The number of hydrogen-bond donors (Lipinski definition) is 1. The summed E-state index contributed by atoms with van der Waals surface area (Å²) < 4.78 is 10.7. The predicted molar refractivity (Wildman–Crippen MR) is 112 cm³/mol. The van der Waals surface area contributed by atoms with Crippen molar-refractivity contribution in [1.82, 2.24) is 4.90 Å². The van der Waals surface area contributed by atoms with E-state index in [1.807, 2.05) is 24.3 Å². The molecule has 1 aromatic rings. The summed E-state index contributed by atoms with van der Waals surface area (Å²) in [6.45, 7) is 10.9. The summed E-state index contributed by atoms with van der Waals surface area (Å²) in [5.41, 5.74) is 8.50. The van der Waals surface area contributed by atoms with E-state index in [1.165, 1.54) is 18.4 Å². The van der Waals surface area contributed by atoms with E-state index in [1.54, 1.807) is 13.8 Å². The van der Waals surface area contributed by atoms with Gasteiger partial charge >= 0.3 is 5.97 Å². The second-order valence-electron chi connectivity index (χ2n) is 7.08. The molecule has 0 saturated heterocycles. The molecule has 0 spiro atoms. The molecule has 1 atom stereocenters. The van der Waals surface area contributed by atoms with Gasteiger partial charge in [-0.1, -0.05) is 44.5 Å². The number of benzene rings is 1. The highest BCUT2D eigenvalue weighted by molar-refractivity contribution is 5.92. The van der Waals surface area contributed by atoms with Crippen molar-refractivity contribution < 1.29 is 14.3 Å². The molecule has 2 N–H and O–H groups in total. The minimum absolute atomic E-state index is 0.0313. The van der Waals surface area contributed by atoms with E-state index in [0.29, 0.717) is 11.3 Å². The van der Waals surface area contributed by atoms with Crippen LogP contribution in [0.1, 0.15) is 57.6 Å². The van der Waals surface area contributed by atoms with Crippen LogP contribution in [-0.2, 0) is 20.8 Å². The molecule has 0 bridgehead atoms. The molecule has 6 nitrogen and oxygen atoms in total. The number of rotatable bonds is 9. The number of nitrogens with zero attached hydrogens (tertiary/aromatic N) is 2. The molecule has 1 aromatic carbocycles. The first-order chi connectivity index (χ1) is 14.0. The number of ether oxygens (including phenoxy) is 2. The van der Waals surface area contributed by atoms with Gasteiger partial charge in [-0.2, -0.15) is 5.26 Å². The first-order valence-electron chi connectivity index (χ1n) is 10.2. The van der Waals surface area contributed by atoms with E-state index in [-0.39, 0.29) is 18.1 Å². The fraction of sp³-hybridized carbons (Fsp3) is 0.478. The fourth-order valence-corrected chi connectivity index (χ4v) is 3.49. The summed E-state index contributed by atoms with van der Waals surface area (Å²) in [4.78, 5) is 15.0. The van der Waals surface area contributed by atoms with Crippen molar-refractivity contribution in [3.63, 3.8) is 0 Å². The Morgan fingerprint density at radius 3 is 2.52 bits per heavy atom. The number of allylic oxidation sites excluding steroid dienone is 2. The van der Waals surface area contributed by atoms with E-state index in [4.69, 9.17) is 15.2 Å². The number of nitriles is 1. The third-order valence-corrected chi connectivity index (χ3v) is 5.10. The van der Waals surface area contributed by atoms with Crippen LogP contribution in [0.3, 0.4) is 0 Å². The van der Waals surface area contributed by atoms with Crippen molar-refractivity contribution in [2.24, 2.45) is 5.73 Å². The molecule has 0 aromatic heterocycles. The maximum atomic E-state index is 12.6. The lowest BCUT2D eigenvalue weighted by molar-refractivity contribution is -0.139. The van der Waals surface area contributed by atoms with Crippen LogP contribution in [0, 0.1) is 11.3 Å². The van der Waals surface area contributed by atoms with Gasteiger partial charge in [-0.25, -0.2) is 4.79 Å². The summed E-state index contributed by atoms with van der Waals surface area (Å²) >= 11 is 0. The van der Waals surface area contributed by atoms with Crippen molar-refractivity contribution in [1.29, 1.82) is 5.26 Å². The van der Waals surface area contributed by atoms with Crippen molar-refractivity contribution in [3.8, 4) is 6.07 Å². The Balaban J connectivity index is 2.34. The van der Waals surface area contributed by atoms with Gasteiger partial charge in [0, 0.05) is 6.54 Å². The molecule has 0 amide bonds. The minimum atomic E-state index is -0.593. The van der Waals surface area contributed by atoms with Gasteiger partial charge in [0.2, 0.25) is 5.88 Å². The van der Waals surface area contributed by atoms with Gasteiger partial charge in [-0.05, 0) is 44.5 Å². The first kappa shape index (κ1) is 22.5. The van der Waals surface area contributed by atoms with Gasteiger partial charge in [-0.3, -0.25) is 4.90 Å². The fourth-order valence-electron chi connectivity index (χ4n) is 3.49. The van der Waals surface area contributed by atoms with Crippen LogP contribution in [0.4, 0.5) is 0 Å². The zero-order valence-electron chi connectivity index (χ0n) is 17.8. The molecule has 0 fully saturated rings. The molecule has 0 aliphatic carbocycles. The second-order valence-corrected chi connectivity index (χ2v) is 7.08. The summed E-state index contributed by atoms with van der Waals surface area (Å²) in [6.07, 6.45) is 2.35. The second kappa shape index (κ2) is 10.7. The quantitative estimate of drug-likeness (QED) is 0.635. The molecule has 29 heavy (non-hydrogen) atoms. The smallest absolute Gasteiger partial charge is 0.338 e. The lowest BCUT2D eigenvalue weighted by Gasteiger charge is -2.27. The van der Waals surface area contributed by atoms with Gasteiger partial charge in [0.25, 0.3) is 0 Å². The maximum Gasteiger partial charge on any atom is 0.338 e. The zero-order valence-corrected chi connectivity index (χ0v) is 17.8. The van der Waals surface area contributed by atoms with E-state index < -0.39 is 11.9 Å². The summed E-state index contributed by atoms with van der Waals surface area (Å²) in [6, 6.07) is 10.1. The van der Waals surface area contributed by atoms with E-state index in [2.05, 4.69) is 24.8 Å². The molecular weight excluding hydrogens is 366 g/mol. The number of carbonyl (C=O) groups is 1. The standard InChI is InChI=1S/C23H31N3O3/c1-5-8-13-26(6-2)15-17-9-11-18(12-10-17)21-19(14-24)22(25)29-16(4)20(21)23(27)28-7-3/h9-12,21H,5-8,13,15,25H2,1-4H3. The third-order valence-electron chi connectivity index (χ3n) is 5.10. The molecule has 1 unspecified atom stereocenters. The lowest BCUT2D eigenvalue weighted by atomic mass is 9.83. The number of nitrogens with two attached hydrogens (primary N) is 1. The van der Waals surface area contributed by atoms with Crippen LogP contribution in [0.5, 0.6) is 0 Å². The molecule has 6 heteroatoms. The van der Waals surface area contributed by atoms with E-state index in [9.17, 15) is 10.1 Å². The Labute approximate surface area is 173 Å². The SMILES string of the molecule is CCCCN(CC)Cc1ccc(C2C(C#N)=C(N)OC(C)=C2C(=O)OCC)cc1. The Bertz CT molecular complexity index is 819. The highest BCUT2D eigenvalue weighted by Gasteiger charge is 2.36. The average Bonchev–Trinajstić information content (AvgIpc) is 2.71.